The van der Waals surface area contributed by atoms with Crippen molar-refractivity contribution >= 4 is 33.6 Å². The second kappa shape index (κ2) is 10.4. The molecule has 0 bridgehead atoms. The Hall–Kier alpha value is -2.54. The molecule has 2 aromatic carbocycles. The summed E-state index contributed by atoms with van der Waals surface area (Å²) < 4.78 is 6.56. The molecule has 2 aromatic rings. The first kappa shape index (κ1) is 20.5. The molecular weight excluding hydrogens is 390 g/mol. The Kier molecular flexibility index (Phi) is 8.49. The molecule has 0 unspecified atom stereocenters. The van der Waals surface area contributed by atoms with Gasteiger partial charge in [-0.3, -0.25) is 0 Å². The van der Waals surface area contributed by atoms with Crippen molar-refractivity contribution in [1.82, 2.24) is 0 Å². The lowest BCUT2D eigenvalue weighted by Crippen LogP contribution is -2.09. The number of benzene rings is 2. The summed E-state index contributed by atoms with van der Waals surface area (Å²) in [6, 6.07) is 14.5. The molecule has 0 spiro atoms. The smallest absolute Gasteiger partial charge is 0.414 e. The third kappa shape index (κ3) is 7.71. The van der Waals surface area contributed by atoms with Crippen LogP contribution in [0.4, 0.5) is 5.69 Å². The van der Waals surface area contributed by atoms with Gasteiger partial charge in [0.05, 0.1) is 6.61 Å². The Morgan fingerprint density at radius 1 is 1.08 bits per heavy atom. The zero-order valence-corrected chi connectivity index (χ0v) is 15.5. The van der Waals surface area contributed by atoms with E-state index in [1.54, 1.807) is 0 Å². The van der Waals surface area contributed by atoms with Crippen molar-refractivity contribution in [2.75, 3.05) is 11.9 Å². The number of aliphatic carboxylic acids is 2. The molecule has 0 amide bonds. The van der Waals surface area contributed by atoms with E-state index in [2.05, 4.69) is 58.5 Å². The minimum absolute atomic E-state index is 0.704. The number of aryl methyl sites for hydroxylation is 1. The molecule has 0 aliphatic rings. The first-order chi connectivity index (χ1) is 11.8. The third-order valence-corrected chi connectivity index (χ3v) is 3.96. The van der Waals surface area contributed by atoms with E-state index in [4.69, 9.17) is 24.5 Å². The van der Waals surface area contributed by atoms with Gasteiger partial charge in [-0.2, -0.15) is 0 Å². The highest BCUT2D eigenvalue weighted by Crippen LogP contribution is 2.20. The van der Waals surface area contributed by atoms with E-state index < -0.39 is 11.9 Å². The predicted octanol–water partition coefficient (Wildman–Crippen LogP) is 3.92. The molecule has 0 aliphatic carbocycles. The van der Waals surface area contributed by atoms with Crippen molar-refractivity contribution in [1.29, 1.82) is 0 Å². The lowest BCUT2D eigenvalue weighted by Gasteiger charge is -2.09. The molecule has 134 valence electrons. The van der Waals surface area contributed by atoms with Gasteiger partial charge in [0, 0.05) is 16.7 Å². The number of carboxylic acid groups (broad SMARTS) is 2. The summed E-state index contributed by atoms with van der Waals surface area (Å²) in [5.41, 5.74) is 3.61. The maximum Gasteiger partial charge on any atom is 0.414 e. The molecule has 0 heterocycles. The van der Waals surface area contributed by atoms with E-state index in [1.807, 2.05) is 19.1 Å². The molecule has 3 N–H and O–H groups in total. The zero-order chi connectivity index (χ0) is 18.8. The van der Waals surface area contributed by atoms with Crippen molar-refractivity contribution in [3.05, 3.63) is 58.1 Å². The molecule has 0 saturated heterocycles. The number of rotatable bonds is 5. The Balaban J connectivity index is 0.000000450. The van der Waals surface area contributed by atoms with Crippen LogP contribution in [0.15, 0.2) is 46.9 Å². The summed E-state index contributed by atoms with van der Waals surface area (Å²) in [6.07, 6.45) is 0. The van der Waals surface area contributed by atoms with E-state index in [1.165, 1.54) is 11.1 Å². The summed E-state index contributed by atoms with van der Waals surface area (Å²) in [5.74, 6) is -2.73. The number of ether oxygens (including phenoxy) is 1. The fraction of sp³-hybridized carbons (Fsp3) is 0.222. The van der Waals surface area contributed by atoms with Crippen molar-refractivity contribution < 1.29 is 24.5 Å². The molecule has 0 aliphatic heterocycles. The molecule has 0 aromatic heterocycles. The van der Waals surface area contributed by atoms with Crippen molar-refractivity contribution in [2.24, 2.45) is 0 Å². The highest BCUT2D eigenvalue weighted by molar-refractivity contribution is 9.10. The van der Waals surface area contributed by atoms with Gasteiger partial charge in [0.1, 0.15) is 5.75 Å². The molecule has 7 heteroatoms. The fourth-order valence-corrected chi connectivity index (χ4v) is 2.08. The van der Waals surface area contributed by atoms with Crippen LogP contribution in [-0.4, -0.2) is 28.8 Å². The minimum Gasteiger partial charge on any atom is -0.494 e. The van der Waals surface area contributed by atoms with E-state index in [0.29, 0.717) is 6.61 Å². The van der Waals surface area contributed by atoms with Gasteiger partial charge < -0.3 is 20.3 Å². The fourth-order valence-electron chi connectivity index (χ4n) is 1.83. The normalized spacial score (nSPS) is 9.56. The summed E-state index contributed by atoms with van der Waals surface area (Å²) in [4.78, 5) is 18.2. The largest absolute Gasteiger partial charge is 0.494 e. The average molecular weight is 410 g/mol. The molecule has 0 saturated carbocycles. The molecule has 2 rings (SSSR count). The molecular formula is C18H20BrNO5. The molecule has 0 fully saturated rings. The van der Waals surface area contributed by atoms with E-state index in [9.17, 15) is 0 Å². The molecule has 25 heavy (non-hydrogen) atoms. The van der Waals surface area contributed by atoms with Gasteiger partial charge >= 0.3 is 11.9 Å². The Morgan fingerprint density at radius 2 is 1.68 bits per heavy atom. The first-order valence-corrected chi connectivity index (χ1v) is 8.30. The molecule has 0 atom stereocenters. The van der Waals surface area contributed by atoms with Gasteiger partial charge in [0.2, 0.25) is 0 Å². The second-order valence-electron chi connectivity index (χ2n) is 5.00. The Morgan fingerprint density at radius 3 is 2.16 bits per heavy atom. The van der Waals surface area contributed by atoms with Crippen LogP contribution in [0.3, 0.4) is 0 Å². The van der Waals surface area contributed by atoms with Crippen molar-refractivity contribution in [3.63, 3.8) is 0 Å². The summed E-state index contributed by atoms with van der Waals surface area (Å²) in [7, 11) is 0. The van der Waals surface area contributed by atoms with E-state index in [-0.39, 0.29) is 0 Å². The second-order valence-corrected chi connectivity index (χ2v) is 5.86. The number of carboxylic acids is 2. The number of nitrogens with one attached hydrogen (secondary N) is 1. The summed E-state index contributed by atoms with van der Waals surface area (Å²) >= 11 is 3.51. The van der Waals surface area contributed by atoms with Crippen LogP contribution < -0.4 is 10.1 Å². The first-order valence-electron chi connectivity index (χ1n) is 7.51. The molecule has 6 nitrogen and oxygen atoms in total. The number of anilines is 1. The van der Waals surface area contributed by atoms with Crippen molar-refractivity contribution in [3.8, 4) is 5.75 Å². The zero-order valence-electron chi connectivity index (χ0n) is 14.0. The maximum absolute atomic E-state index is 9.10. The van der Waals surface area contributed by atoms with E-state index in [0.717, 1.165) is 22.5 Å². The average Bonchev–Trinajstić information content (AvgIpc) is 2.58. The van der Waals surface area contributed by atoms with Crippen LogP contribution >= 0.6 is 15.9 Å². The van der Waals surface area contributed by atoms with Crippen molar-refractivity contribution in [2.45, 2.75) is 20.4 Å². The van der Waals surface area contributed by atoms with Gasteiger partial charge in [0.25, 0.3) is 0 Å². The van der Waals surface area contributed by atoms with Crippen LogP contribution in [0.1, 0.15) is 18.1 Å². The van der Waals surface area contributed by atoms with E-state index >= 15 is 0 Å². The van der Waals surface area contributed by atoms with Crippen LogP contribution in [0.5, 0.6) is 5.75 Å². The lowest BCUT2D eigenvalue weighted by atomic mass is 10.2. The topological polar surface area (TPSA) is 95.9 Å². The highest BCUT2D eigenvalue weighted by atomic mass is 79.9. The number of halogens is 1. The van der Waals surface area contributed by atoms with Gasteiger partial charge in [-0.25, -0.2) is 9.59 Å². The van der Waals surface area contributed by atoms with Gasteiger partial charge in [0.15, 0.2) is 0 Å². The summed E-state index contributed by atoms with van der Waals surface area (Å²) in [5, 5.41) is 18.2. The SMILES string of the molecule is CCOc1ccc(CNc2ccc(Br)c(C)c2)cc1.O=C(O)C(=O)O. The third-order valence-electron chi connectivity index (χ3n) is 3.07. The van der Waals surface area contributed by atoms with Crippen LogP contribution in [-0.2, 0) is 16.1 Å². The minimum atomic E-state index is -1.82. The van der Waals surface area contributed by atoms with Crippen LogP contribution in [0, 0.1) is 6.92 Å². The number of hydrogen-bond acceptors (Lipinski definition) is 4. The standard InChI is InChI=1S/C16H18BrNO.C2H2O4/c1-3-19-15-7-4-13(5-8-15)11-18-14-6-9-16(17)12(2)10-14;3-1(4)2(5)6/h4-10,18H,3,11H2,1-2H3;(H,3,4)(H,5,6). The van der Waals surface area contributed by atoms with Gasteiger partial charge in [-0.05, 0) is 55.3 Å². The Bertz CT molecular complexity index is 704. The van der Waals surface area contributed by atoms with Crippen LogP contribution in [0.25, 0.3) is 0 Å². The lowest BCUT2D eigenvalue weighted by molar-refractivity contribution is -0.159. The number of carbonyl (C=O) groups is 2. The quantitative estimate of drug-likeness (QED) is 0.647. The van der Waals surface area contributed by atoms with Crippen LogP contribution in [0.2, 0.25) is 0 Å². The number of hydrogen-bond donors (Lipinski definition) is 3. The highest BCUT2D eigenvalue weighted by Gasteiger charge is 2.04. The van der Waals surface area contributed by atoms with Gasteiger partial charge in [-0.15, -0.1) is 0 Å². The predicted molar refractivity (Wildman–Crippen MR) is 99.1 cm³/mol. The monoisotopic (exact) mass is 409 g/mol. The molecule has 0 radical (unpaired) electrons. The Labute approximate surface area is 154 Å². The summed E-state index contributed by atoms with van der Waals surface area (Å²) in [6.45, 7) is 5.60. The van der Waals surface area contributed by atoms with Gasteiger partial charge in [-0.1, -0.05) is 28.1 Å². The maximum atomic E-state index is 9.10.